The number of aliphatic hydroxyl groups excluding tert-OH is 1. The van der Waals surface area contributed by atoms with E-state index in [1.54, 1.807) is 0 Å². The second-order valence-electron chi connectivity index (χ2n) is 7.55. The van der Waals surface area contributed by atoms with E-state index in [0.29, 0.717) is 6.42 Å². The Balaban J connectivity index is 1.52. The number of amides is 1. The monoisotopic (exact) mass is 375 g/mol. The first-order valence-corrected chi connectivity index (χ1v) is 9.53. The number of anilines is 1. The van der Waals surface area contributed by atoms with Gasteiger partial charge < -0.3 is 24.6 Å². The molecule has 2 heterocycles. The number of ether oxygens (including phenoxy) is 3. The molecule has 4 rings (SSSR count). The number of rotatable bonds is 5. The molecule has 1 amide bonds. The normalized spacial score (nSPS) is 29.1. The van der Waals surface area contributed by atoms with Crippen molar-refractivity contribution in [3.63, 3.8) is 0 Å². The quantitative estimate of drug-likeness (QED) is 0.765. The molecule has 4 atom stereocenters. The Morgan fingerprint density at radius 3 is 2.81 bits per heavy atom. The summed E-state index contributed by atoms with van der Waals surface area (Å²) in [6, 6.07) is 5.65. The maximum absolute atomic E-state index is 12.2. The predicted octanol–water partition coefficient (Wildman–Crippen LogP) is 1.98. The van der Waals surface area contributed by atoms with E-state index < -0.39 is 6.10 Å². The van der Waals surface area contributed by atoms with Crippen LogP contribution in [0.25, 0.3) is 0 Å². The molecule has 1 aromatic carbocycles. The lowest BCUT2D eigenvalue weighted by atomic mass is 9.83. The van der Waals surface area contributed by atoms with Crippen LogP contribution in [0.3, 0.4) is 0 Å². The van der Waals surface area contributed by atoms with Crippen molar-refractivity contribution in [2.24, 2.45) is 5.92 Å². The molecular weight excluding hydrogens is 350 g/mol. The highest BCUT2D eigenvalue weighted by Crippen LogP contribution is 2.47. The van der Waals surface area contributed by atoms with Crippen LogP contribution in [0.1, 0.15) is 43.6 Å². The molecule has 27 heavy (non-hydrogen) atoms. The van der Waals surface area contributed by atoms with Gasteiger partial charge in [0.15, 0.2) is 0 Å². The zero-order chi connectivity index (χ0) is 19.0. The van der Waals surface area contributed by atoms with E-state index in [1.165, 1.54) is 7.11 Å². The number of carbonyl (C=O) groups excluding carboxylic acids is 2. The number of hydrogen-bond donors (Lipinski definition) is 2. The summed E-state index contributed by atoms with van der Waals surface area (Å²) < 4.78 is 16.6. The smallest absolute Gasteiger partial charge is 0.308 e. The second-order valence-corrected chi connectivity index (χ2v) is 7.55. The number of aliphatic hydroxyl groups is 1. The van der Waals surface area contributed by atoms with Gasteiger partial charge in [-0.25, -0.2) is 0 Å². The van der Waals surface area contributed by atoms with Crippen LogP contribution < -0.4 is 10.1 Å². The number of esters is 1. The molecule has 0 unspecified atom stereocenters. The summed E-state index contributed by atoms with van der Waals surface area (Å²) in [5.74, 6) is 0.596. The van der Waals surface area contributed by atoms with Crippen LogP contribution in [0.2, 0.25) is 0 Å². The Kier molecular flexibility index (Phi) is 5.06. The zero-order valence-corrected chi connectivity index (χ0v) is 15.3. The minimum atomic E-state index is -0.501. The van der Waals surface area contributed by atoms with Crippen molar-refractivity contribution in [2.75, 3.05) is 19.0 Å². The van der Waals surface area contributed by atoms with E-state index in [9.17, 15) is 14.7 Å². The molecule has 2 N–H and O–H groups in total. The van der Waals surface area contributed by atoms with Crippen LogP contribution in [-0.4, -0.2) is 49.0 Å². The highest BCUT2D eigenvalue weighted by molar-refractivity contribution is 5.93. The van der Waals surface area contributed by atoms with Gasteiger partial charge in [-0.05, 0) is 37.5 Å². The Bertz CT molecular complexity index is 731. The third-order valence-electron chi connectivity index (χ3n) is 5.86. The molecule has 1 saturated heterocycles. The van der Waals surface area contributed by atoms with E-state index in [1.807, 2.05) is 18.2 Å². The fourth-order valence-electron chi connectivity index (χ4n) is 4.15. The Labute approximate surface area is 158 Å². The van der Waals surface area contributed by atoms with Gasteiger partial charge in [0.25, 0.3) is 0 Å². The first-order valence-electron chi connectivity index (χ1n) is 9.53. The highest BCUT2D eigenvalue weighted by atomic mass is 16.6. The molecular formula is C20H25NO6. The Hall–Kier alpha value is -2.12. The summed E-state index contributed by atoms with van der Waals surface area (Å²) in [6.45, 7) is -0.182. The summed E-state index contributed by atoms with van der Waals surface area (Å²) >= 11 is 0. The van der Waals surface area contributed by atoms with Crippen LogP contribution in [0.15, 0.2) is 18.2 Å². The first kappa shape index (κ1) is 18.3. The van der Waals surface area contributed by atoms with Gasteiger partial charge in [-0.2, -0.15) is 0 Å². The molecule has 0 radical (unpaired) electrons. The molecule has 2 aliphatic heterocycles. The third kappa shape index (κ3) is 3.53. The fraction of sp³-hybridized carbons (Fsp3) is 0.600. The van der Waals surface area contributed by atoms with Gasteiger partial charge in [0.2, 0.25) is 5.91 Å². The second kappa shape index (κ2) is 7.48. The predicted molar refractivity (Wildman–Crippen MR) is 96.6 cm³/mol. The largest absolute Gasteiger partial charge is 0.487 e. The number of carbonyl (C=O) groups is 2. The fourth-order valence-corrected chi connectivity index (χ4v) is 4.15. The van der Waals surface area contributed by atoms with Crippen molar-refractivity contribution in [3.8, 4) is 5.75 Å². The van der Waals surface area contributed by atoms with Crippen LogP contribution >= 0.6 is 0 Å². The summed E-state index contributed by atoms with van der Waals surface area (Å²) in [5.41, 5.74) is 1.74. The van der Waals surface area contributed by atoms with Gasteiger partial charge in [-0.15, -0.1) is 0 Å². The third-order valence-corrected chi connectivity index (χ3v) is 5.86. The van der Waals surface area contributed by atoms with Crippen LogP contribution in [-0.2, 0) is 19.1 Å². The number of benzene rings is 1. The zero-order valence-electron chi connectivity index (χ0n) is 15.3. The molecule has 0 aromatic heterocycles. The minimum absolute atomic E-state index is 0.00103. The van der Waals surface area contributed by atoms with Gasteiger partial charge >= 0.3 is 5.97 Å². The SMILES string of the molecule is COC(=O)C[C@@H]1C[C@@H]2c3cc(NC(=O)C4CCC4)ccc3O[C@@H]2[C@H](CO)O1. The van der Waals surface area contributed by atoms with E-state index in [2.05, 4.69) is 5.32 Å². The van der Waals surface area contributed by atoms with Crippen molar-refractivity contribution in [3.05, 3.63) is 23.8 Å². The van der Waals surface area contributed by atoms with E-state index in [4.69, 9.17) is 14.2 Å². The van der Waals surface area contributed by atoms with Crippen LogP contribution in [0.4, 0.5) is 5.69 Å². The highest BCUT2D eigenvalue weighted by Gasteiger charge is 2.46. The van der Waals surface area contributed by atoms with Crippen molar-refractivity contribution in [2.45, 2.75) is 56.3 Å². The summed E-state index contributed by atoms with van der Waals surface area (Å²) in [5, 5.41) is 12.7. The molecule has 0 spiro atoms. The molecule has 1 aromatic rings. The topological polar surface area (TPSA) is 94.1 Å². The number of methoxy groups -OCH3 is 1. The summed E-state index contributed by atoms with van der Waals surface area (Å²) in [6.07, 6.45) is 2.63. The van der Waals surface area contributed by atoms with Gasteiger partial charge in [0.05, 0.1) is 26.2 Å². The summed E-state index contributed by atoms with van der Waals surface area (Å²) in [4.78, 5) is 23.9. The molecule has 1 aliphatic carbocycles. The molecule has 7 heteroatoms. The number of fused-ring (bicyclic) bond motifs is 3. The van der Waals surface area contributed by atoms with Crippen molar-refractivity contribution < 1.29 is 28.9 Å². The molecule has 2 fully saturated rings. The molecule has 146 valence electrons. The van der Waals surface area contributed by atoms with Gasteiger partial charge in [0, 0.05) is 23.1 Å². The van der Waals surface area contributed by atoms with Crippen molar-refractivity contribution in [1.29, 1.82) is 0 Å². The average Bonchev–Trinajstić information content (AvgIpc) is 2.97. The maximum Gasteiger partial charge on any atom is 0.308 e. The molecule has 3 aliphatic rings. The minimum Gasteiger partial charge on any atom is -0.487 e. The molecule has 1 saturated carbocycles. The van der Waals surface area contributed by atoms with E-state index in [0.717, 1.165) is 36.3 Å². The Morgan fingerprint density at radius 2 is 2.15 bits per heavy atom. The summed E-state index contributed by atoms with van der Waals surface area (Å²) in [7, 11) is 1.35. The lowest BCUT2D eigenvalue weighted by Gasteiger charge is -2.36. The van der Waals surface area contributed by atoms with Crippen LogP contribution in [0.5, 0.6) is 5.75 Å². The Morgan fingerprint density at radius 1 is 1.33 bits per heavy atom. The lowest BCUT2D eigenvalue weighted by Crippen LogP contribution is -2.46. The number of nitrogens with one attached hydrogen (secondary N) is 1. The van der Waals surface area contributed by atoms with Gasteiger partial charge in [-0.3, -0.25) is 9.59 Å². The molecule has 7 nitrogen and oxygen atoms in total. The number of hydrogen-bond acceptors (Lipinski definition) is 6. The van der Waals surface area contributed by atoms with E-state index in [-0.39, 0.29) is 48.9 Å². The first-order chi connectivity index (χ1) is 13.1. The van der Waals surface area contributed by atoms with E-state index >= 15 is 0 Å². The average molecular weight is 375 g/mol. The van der Waals surface area contributed by atoms with Crippen LogP contribution in [0, 0.1) is 5.92 Å². The van der Waals surface area contributed by atoms with Crippen molar-refractivity contribution in [1.82, 2.24) is 0 Å². The molecule has 0 bridgehead atoms. The van der Waals surface area contributed by atoms with Gasteiger partial charge in [-0.1, -0.05) is 6.42 Å². The van der Waals surface area contributed by atoms with Crippen molar-refractivity contribution >= 4 is 17.6 Å². The van der Waals surface area contributed by atoms with Gasteiger partial charge in [0.1, 0.15) is 18.0 Å². The lowest BCUT2D eigenvalue weighted by molar-refractivity contribution is -0.156. The maximum atomic E-state index is 12.2. The standard InChI is InChI=1S/C20H25NO6/c1-25-18(23)9-13-8-15-14-7-12(21-20(24)11-3-2-4-11)5-6-16(14)27-19(15)17(10-22)26-13/h5-7,11,13,15,17,19,22H,2-4,8-10H2,1H3,(H,21,24)/t13-,15+,17-,19-/m0/s1.